The van der Waals surface area contributed by atoms with E-state index in [2.05, 4.69) is 0 Å². The van der Waals surface area contributed by atoms with Crippen molar-refractivity contribution in [3.8, 4) is 16.9 Å². The van der Waals surface area contributed by atoms with Gasteiger partial charge in [0.2, 0.25) is 0 Å². The molecule has 0 radical (unpaired) electrons. The number of thioether (sulfide) groups is 1. The van der Waals surface area contributed by atoms with Gasteiger partial charge in [-0.2, -0.15) is 0 Å². The number of thiophene rings is 1. The Kier molecular flexibility index (Phi) is 5.96. The second kappa shape index (κ2) is 8.20. The van der Waals surface area contributed by atoms with Gasteiger partial charge in [0.1, 0.15) is 12.4 Å². The summed E-state index contributed by atoms with van der Waals surface area (Å²) in [6, 6.07) is 11.2. The van der Waals surface area contributed by atoms with Gasteiger partial charge in [0.05, 0.1) is 4.88 Å². The third-order valence-corrected chi connectivity index (χ3v) is 5.73. The molecule has 3 rings (SSSR count). The van der Waals surface area contributed by atoms with Gasteiger partial charge in [-0.25, -0.2) is 8.78 Å². The van der Waals surface area contributed by atoms with Crippen LogP contribution in [0.2, 0.25) is 0 Å². The van der Waals surface area contributed by atoms with Crippen molar-refractivity contribution < 1.29 is 18.3 Å². The molecule has 1 aromatic heterocycles. The maximum absolute atomic E-state index is 13.6. The molecule has 0 amide bonds. The van der Waals surface area contributed by atoms with Crippen molar-refractivity contribution in [2.45, 2.75) is 11.5 Å². The van der Waals surface area contributed by atoms with Crippen molar-refractivity contribution in [1.82, 2.24) is 0 Å². The molecule has 0 aliphatic rings. The molecule has 0 saturated heterocycles. The van der Waals surface area contributed by atoms with Crippen LogP contribution in [0.25, 0.3) is 11.1 Å². The number of benzene rings is 2. The maximum Gasteiger partial charge on any atom is 0.262 e. The van der Waals surface area contributed by atoms with Crippen LogP contribution in [0.4, 0.5) is 8.78 Å². The van der Waals surface area contributed by atoms with Crippen LogP contribution in [-0.4, -0.2) is 11.5 Å². The van der Waals surface area contributed by atoms with E-state index in [1.807, 2.05) is 11.6 Å². The molecule has 26 heavy (non-hydrogen) atoms. The van der Waals surface area contributed by atoms with Gasteiger partial charge in [-0.15, -0.1) is 23.1 Å². The van der Waals surface area contributed by atoms with Gasteiger partial charge in [-0.05, 0) is 64.7 Å². The molecular weight excluding hydrogens is 398 g/mol. The van der Waals surface area contributed by atoms with E-state index in [1.54, 1.807) is 30.3 Å². The van der Waals surface area contributed by atoms with E-state index in [0.29, 0.717) is 27.7 Å². The summed E-state index contributed by atoms with van der Waals surface area (Å²) in [4.78, 5) is 12.2. The minimum Gasteiger partial charge on any atom is -0.489 e. The van der Waals surface area contributed by atoms with Gasteiger partial charge in [0, 0.05) is 10.5 Å². The highest BCUT2D eigenvalue weighted by atomic mass is 35.5. The molecule has 2 aromatic carbocycles. The molecule has 0 atom stereocenters. The smallest absolute Gasteiger partial charge is 0.262 e. The van der Waals surface area contributed by atoms with Crippen LogP contribution in [0, 0.1) is 11.6 Å². The third-order valence-electron chi connectivity index (χ3n) is 3.66. The summed E-state index contributed by atoms with van der Waals surface area (Å²) < 4.78 is 32.7. The minimum absolute atomic E-state index is 0.307. The largest absolute Gasteiger partial charge is 0.489 e. The first-order valence-corrected chi connectivity index (χ1v) is 9.99. The van der Waals surface area contributed by atoms with E-state index >= 15 is 0 Å². The molecule has 134 valence electrons. The number of hydrogen-bond acceptors (Lipinski definition) is 4. The molecule has 2 nitrogen and oxygen atoms in total. The van der Waals surface area contributed by atoms with E-state index in [-0.39, 0.29) is 0 Å². The zero-order valence-corrected chi connectivity index (χ0v) is 16.0. The lowest BCUT2D eigenvalue weighted by atomic mass is 10.1. The molecule has 0 saturated carbocycles. The van der Waals surface area contributed by atoms with Crippen molar-refractivity contribution in [2.75, 3.05) is 6.26 Å². The van der Waals surface area contributed by atoms with Crippen LogP contribution in [0.3, 0.4) is 0 Å². The lowest BCUT2D eigenvalue weighted by Crippen LogP contribution is -1.94. The minimum atomic E-state index is -0.875. The van der Waals surface area contributed by atoms with E-state index < -0.39 is 16.9 Å². The number of halogens is 3. The summed E-state index contributed by atoms with van der Waals surface area (Å²) in [7, 11) is 0. The summed E-state index contributed by atoms with van der Waals surface area (Å²) in [5.41, 5.74) is 2.26. The third kappa shape index (κ3) is 4.26. The zero-order chi connectivity index (χ0) is 18.7. The quantitative estimate of drug-likeness (QED) is 0.348. The summed E-state index contributed by atoms with van der Waals surface area (Å²) >= 11 is 8.06. The Labute approximate surface area is 162 Å². The Morgan fingerprint density at radius 1 is 1.15 bits per heavy atom. The monoisotopic (exact) mass is 410 g/mol. The Hall–Kier alpha value is -1.89. The van der Waals surface area contributed by atoms with Crippen LogP contribution in [-0.2, 0) is 6.61 Å². The van der Waals surface area contributed by atoms with Crippen LogP contribution >= 0.6 is 34.7 Å². The zero-order valence-electron chi connectivity index (χ0n) is 13.6. The topological polar surface area (TPSA) is 26.3 Å². The molecule has 0 spiro atoms. The van der Waals surface area contributed by atoms with Crippen molar-refractivity contribution in [3.05, 3.63) is 69.9 Å². The van der Waals surface area contributed by atoms with Crippen molar-refractivity contribution in [1.29, 1.82) is 0 Å². The standard InChI is InChI=1S/C19H13ClF2O2S2/c1-25-17-8-16(22)15(21)7-14(17)12-2-4-13(5-3-12)24-9-11-6-18(19(20)23)26-10-11/h2-8,10H,9H2,1H3. The molecule has 0 N–H and O–H groups in total. The normalized spacial score (nSPS) is 10.8. The highest BCUT2D eigenvalue weighted by molar-refractivity contribution is 7.98. The first-order valence-electron chi connectivity index (χ1n) is 7.51. The van der Waals surface area contributed by atoms with E-state index in [0.717, 1.165) is 11.1 Å². The average molecular weight is 411 g/mol. The second-order valence-corrected chi connectivity index (χ2v) is 7.48. The van der Waals surface area contributed by atoms with Crippen LogP contribution in [0.1, 0.15) is 15.2 Å². The summed E-state index contributed by atoms with van der Waals surface area (Å²) in [6.07, 6.45) is 1.81. The first kappa shape index (κ1) is 18.9. The van der Waals surface area contributed by atoms with Crippen molar-refractivity contribution in [2.24, 2.45) is 0 Å². The van der Waals surface area contributed by atoms with E-state index in [9.17, 15) is 13.6 Å². The Balaban J connectivity index is 1.74. The molecular formula is C19H13ClF2O2S2. The van der Waals surface area contributed by atoms with Gasteiger partial charge in [-0.1, -0.05) is 12.1 Å². The number of carbonyl (C=O) groups excluding carboxylic acids is 1. The number of hydrogen-bond donors (Lipinski definition) is 0. The molecule has 3 aromatic rings. The average Bonchev–Trinajstić information content (AvgIpc) is 3.12. The molecule has 0 bridgehead atoms. The fraction of sp³-hybridized carbons (Fsp3) is 0.105. The molecule has 0 aliphatic carbocycles. The number of carbonyl (C=O) groups is 1. The van der Waals surface area contributed by atoms with Crippen molar-refractivity contribution in [3.63, 3.8) is 0 Å². The maximum atomic E-state index is 13.6. The molecule has 0 unspecified atom stereocenters. The first-order chi connectivity index (χ1) is 12.5. The summed E-state index contributed by atoms with van der Waals surface area (Å²) in [5.74, 6) is -1.10. The molecule has 0 fully saturated rings. The van der Waals surface area contributed by atoms with Gasteiger partial charge in [-0.3, -0.25) is 4.79 Å². The summed E-state index contributed by atoms with van der Waals surface area (Å²) in [6.45, 7) is 0.307. The summed E-state index contributed by atoms with van der Waals surface area (Å²) in [5, 5.41) is 1.33. The van der Waals surface area contributed by atoms with E-state index in [4.69, 9.17) is 16.3 Å². The molecule has 0 aliphatic heterocycles. The Morgan fingerprint density at radius 3 is 2.46 bits per heavy atom. The predicted molar refractivity (Wildman–Crippen MR) is 102 cm³/mol. The van der Waals surface area contributed by atoms with Gasteiger partial charge >= 0.3 is 0 Å². The fourth-order valence-corrected chi connectivity index (χ4v) is 3.91. The van der Waals surface area contributed by atoms with Gasteiger partial charge < -0.3 is 4.74 Å². The Morgan fingerprint density at radius 2 is 1.85 bits per heavy atom. The van der Waals surface area contributed by atoms with E-state index in [1.165, 1.54) is 35.2 Å². The number of rotatable bonds is 6. The predicted octanol–water partition coefficient (Wildman–Crippen LogP) is 6.37. The SMILES string of the molecule is CSc1cc(F)c(F)cc1-c1ccc(OCc2csc(C(=O)Cl)c2)cc1. The second-order valence-electron chi connectivity index (χ2n) is 5.37. The van der Waals surface area contributed by atoms with Crippen molar-refractivity contribution >= 4 is 39.9 Å². The van der Waals surface area contributed by atoms with Gasteiger partial charge in [0.25, 0.3) is 5.24 Å². The Bertz CT molecular complexity index is 939. The van der Waals surface area contributed by atoms with Crippen LogP contribution in [0.5, 0.6) is 5.75 Å². The highest BCUT2D eigenvalue weighted by Gasteiger charge is 2.11. The lowest BCUT2D eigenvalue weighted by molar-refractivity contribution is 0.108. The molecule has 1 heterocycles. The van der Waals surface area contributed by atoms with Crippen LogP contribution in [0.15, 0.2) is 52.7 Å². The fourth-order valence-electron chi connectivity index (χ4n) is 2.37. The van der Waals surface area contributed by atoms with Gasteiger partial charge in [0.15, 0.2) is 11.6 Å². The van der Waals surface area contributed by atoms with Crippen LogP contribution < -0.4 is 4.74 Å². The highest BCUT2D eigenvalue weighted by Crippen LogP contribution is 2.33. The lowest BCUT2D eigenvalue weighted by Gasteiger charge is -2.10. The number of ether oxygens (including phenoxy) is 1. The molecule has 7 heteroatoms.